The molecule has 0 spiro atoms. The van der Waals surface area contributed by atoms with Gasteiger partial charge >= 0.3 is 0 Å². The molecule has 2 rings (SSSR count). The molecule has 2 nitrogen and oxygen atoms in total. The molecule has 1 aliphatic heterocycles. The van der Waals surface area contributed by atoms with Crippen LogP contribution in [0, 0.1) is 23.2 Å². The molecule has 0 aliphatic carbocycles. The molecule has 19 heavy (non-hydrogen) atoms. The van der Waals surface area contributed by atoms with Crippen molar-refractivity contribution in [1.82, 2.24) is 0 Å². The Morgan fingerprint density at radius 2 is 2.05 bits per heavy atom. The number of benzene rings is 1. The monoisotopic (exact) mass is 276 g/mol. The fraction of sp³-hybridized carbons (Fsp3) is 0.562. The summed E-state index contributed by atoms with van der Waals surface area (Å²) in [6.45, 7) is 6.71. The fourth-order valence-corrected chi connectivity index (χ4v) is 3.00. The van der Waals surface area contributed by atoms with Crippen LogP contribution in [0.5, 0.6) is 0 Å². The first kappa shape index (κ1) is 14.2. The van der Waals surface area contributed by atoms with Crippen LogP contribution < -0.4 is 4.90 Å². The molecule has 0 amide bonds. The highest BCUT2D eigenvalue weighted by molar-refractivity contribution is 6.17. The van der Waals surface area contributed by atoms with Crippen molar-refractivity contribution in [3.05, 3.63) is 29.3 Å². The first-order valence-corrected chi connectivity index (χ1v) is 7.53. The summed E-state index contributed by atoms with van der Waals surface area (Å²) < 4.78 is 0. The van der Waals surface area contributed by atoms with Crippen LogP contribution in [0.15, 0.2) is 18.2 Å². The predicted molar refractivity (Wildman–Crippen MR) is 80.5 cm³/mol. The van der Waals surface area contributed by atoms with E-state index in [2.05, 4.69) is 24.8 Å². The van der Waals surface area contributed by atoms with E-state index in [1.165, 1.54) is 12.8 Å². The number of hydrogen-bond acceptors (Lipinski definition) is 2. The van der Waals surface area contributed by atoms with Crippen molar-refractivity contribution in [1.29, 1.82) is 5.26 Å². The second-order valence-electron chi connectivity index (χ2n) is 5.67. The highest BCUT2D eigenvalue weighted by Gasteiger charge is 2.23. The van der Waals surface area contributed by atoms with Gasteiger partial charge in [-0.15, -0.1) is 11.6 Å². The molecule has 1 heterocycles. The summed E-state index contributed by atoms with van der Waals surface area (Å²) in [6.07, 6.45) is 2.44. The molecule has 1 aliphatic rings. The molecule has 1 aromatic rings. The van der Waals surface area contributed by atoms with E-state index in [-0.39, 0.29) is 0 Å². The number of nitrogens with zero attached hydrogens (tertiary/aromatic N) is 2. The van der Waals surface area contributed by atoms with Gasteiger partial charge < -0.3 is 4.90 Å². The molecule has 102 valence electrons. The first-order chi connectivity index (χ1) is 9.15. The molecule has 0 N–H and O–H groups in total. The average molecular weight is 277 g/mol. The lowest BCUT2D eigenvalue weighted by Crippen LogP contribution is -2.35. The normalized spacial score (nSPS) is 16.7. The second kappa shape index (κ2) is 6.30. The van der Waals surface area contributed by atoms with Gasteiger partial charge in [-0.05, 0) is 42.4 Å². The standard InChI is InChI=1S/C16H21ClN2/c1-12(2)14-5-7-19(8-6-14)16-4-3-13(10-17)9-15(16)11-18/h3-4,9,12,14H,5-8,10H2,1-2H3. The Balaban J connectivity index is 2.13. The maximum Gasteiger partial charge on any atom is 0.101 e. The zero-order chi connectivity index (χ0) is 13.8. The summed E-state index contributed by atoms with van der Waals surface area (Å²) in [5.74, 6) is 2.05. The van der Waals surface area contributed by atoms with Crippen LogP contribution in [0.3, 0.4) is 0 Å². The average Bonchev–Trinajstić information content (AvgIpc) is 2.46. The Labute approximate surface area is 121 Å². The molecule has 0 radical (unpaired) electrons. The smallest absolute Gasteiger partial charge is 0.101 e. The van der Waals surface area contributed by atoms with Crippen molar-refractivity contribution in [2.75, 3.05) is 18.0 Å². The van der Waals surface area contributed by atoms with Crippen molar-refractivity contribution in [2.45, 2.75) is 32.6 Å². The summed E-state index contributed by atoms with van der Waals surface area (Å²) in [7, 11) is 0. The topological polar surface area (TPSA) is 27.0 Å². The number of rotatable bonds is 3. The van der Waals surface area contributed by atoms with E-state index in [9.17, 15) is 5.26 Å². The highest BCUT2D eigenvalue weighted by atomic mass is 35.5. The van der Waals surface area contributed by atoms with Crippen molar-refractivity contribution >= 4 is 17.3 Å². The van der Waals surface area contributed by atoms with Gasteiger partial charge in [0.1, 0.15) is 6.07 Å². The zero-order valence-corrected chi connectivity index (χ0v) is 12.5. The lowest BCUT2D eigenvalue weighted by atomic mass is 9.86. The molecule has 0 aromatic heterocycles. The number of alkyl halides is 1. The van der Waals surface area contributed by atoms with Gasteiger partial charge in [-0.3, -0.25) is 0 Å². The van der Waals surface area contributed by atoms with Crippen LogP contribution in [0.25, 0.3) is 0 Å². The van der Waals surface area contributed by atoms with Gasteiger partial charge in [0.2, 0.25) is 0 Å². The van der Waals surface area contributed by atoms with Gasteiger partial charge in [0.15, 0.2) is 0 Å². The maximum atomic E-state index is 9.29. The minimum absolute atomic E-state index is 0.463. The lowest BCUT2D eigenvalue weighted by Gasteiger charge is -2.35. The van der Waals surface area contributed by atoms with E-state index in [4.69, 9.17) is 11.6 Å². The van der Waals surface area contributed by atoms with Crippen LogP contribution in [0.2, 0.25) is 0 Å². The largest absolute Gasteiger partial charge is 0.370 e. The fourth-order valence-electron chi connectivity index (χ4n) is 2.84. The van der Waals surface area contributed by atoms with Crippen LogP contribution in [0.1, 0.15) is 37.8 Å². The molecule has 0 saturated carbocycles. The summed E-state index contributed by atoms with van der Waals surface area (Å²) in [4.78, 5) is 2.34. The zero-order valence-electron chi connectivity index (χ0n) is 11.7. The van der Waals surface area contributed by atoms with Crippen LogP contribution in [-0.4, -0.2) is 13.1 Å². The summed E-state index contributed by atoms with van der Waals surface area (Å²) >= 11 is 5.82. The quantitative estimate of drug-likeness (QED) is 0.775. The Morgan fingerprint density at radius 3 is 2.58 bits per heavy atom. The summed E-state index contributed by atoms with van der Waals surface area (Å²) in [5.41, 5.74) is 2.83. The molecule has 0 unspecified atom stereocenters. The van der Waals surface area contributed by atoms with Crippen molar-refractivity contribution < 1.29 is 0 Å². The number of halogens is 1. The van der Waals surface area contributed by atoms with Crippen molar-refractivity contribution in [3.63, 3.8) is 0 Å². The lowest BCUT2D eigenvalue weighted by molar-refractivity contribution is 0.311. The van der Waals surface area contributed by atoms with E-state index in [0.717, 1.165) is 41.7 Å². The van der Waals surface area contributed by atoms with Gasteiger partial charge in [-0.1, -0.05) is 19.9 Å². The Kier molecular flexibility index (Phi) is 4.71. The minimum atomic E-state index is 0.463. The van der Waals surface area contributed by atoms with Crippen molar-refractivity contribution in [3.8, 4) is 6.07 Å². The van der Waals surface area contributed by atoms with Gasteiger partial charge in [-0.2, -0.15) is 5.26 Å². The molecule has 1 saturated heterocycles. The molecule has 0 atom stereocenters. The molecular formula is C16H21ClN2. The van der Waals surface area contributed by atoms with E-state index in [1.54, 1.807) is 0 Å². The third-order valence-electron chi connectivity index (χ3n) is 4.16. The maximum absolute atomic E-state index is 9.29. The van der Waals surface area contributed by atoms with Crippen LogP contribution >= 0.6 is 11.6 Å². The van der Waals surface area contributed by atoms with Crippen LogP contribution in [0.4, 0.5) is 5.69 Å². The van der Waals surface area contributed by atoms with E-state index >= 15 is 0 Å². The molecule has 1 aromatic carbocycles. The Morgan fingerprint density at radius 1 is 1.37 bits per heavy atom. The summed E-state index contributed by atoms with van der Waals surface area (Å²) in [5, 5.41) is 9.29. The molecule has 1 fully saturated rings. The minimum Gasteiger partial charge on any atom is -0.370 e. The molecule has 0 bridgehead atoms. The van der Waals surface area contributed by atoms with E-state index in [0.29, 0.717) is 5.88 Å². The van der Waals surface area contributed by atoms with Gasteiger partial charge in [0.25, 0.3) is 0 Å². The second-order valence-corrected chi connectivity index (χ2v) is 5.93. The first-order valence-electron chi connectivity index (χ1n) is 6.99. The number of piperidine rings is 1. The SMILES string of the molecule is CC(C)C1CCN(c2ccc(CCl)cc2C#N)CC1. The van der Waals surface area contributed by atoms with E-state index < -0.39 is 0 Å². The van der Waals surface area contributed by atoms with Crippen molar-refractivity contribution in [2.24, 2.45) is 11.8 Å². The molecular weight excluding hydrogens is 256 g/mol. The van der Waals surface area contributed by atoms with Gasteiger partial charge in [0, 0.05) is 19.0 Å². The Hall–Kier alpha value is -1.20. The Bertz CT molecular complexity index is 468. The number of nitriles is 1. The highest BCUT2D eigenvalue weighted by Crippen LogP contribution is 2.30. The third-order valence-corrected chi connectivity index (χ3v) is 4.47. The van der Waals surface area contributed by atoms with Crippen LogP contribution in [-0.2, 0) is 5.88 Å². The summed E-state index contributed by atoms with van der Waals surface area (Å²) in [6, 6.07) is 8.29. The van der Waals surface area contributed by atoms with E-state index in [1.807, 2.05) is 18.2 Å². The van der Waals surface area contributed by atoms with Gasteiger partial charge in [-0.25, -0.2) is 0 Å². The third kappa shape index (κ3) is 3.22. The number of hydrogen-bond donors (Lipinski definition) is 0. The number of anilines is 1. The molecule has 3 heteroatoms. The predicted octanol–water partition coefficient (Wildman–Crippen LogP) is 4.17. The van der Waals surface area contributed by atoms with Gasteiger partial charge in [0.05, 0.1) is 11.3 Å².